The molecule has 6 heteroatoms. The zero-order chi connectivity index (χ0) is 14.7. The van der Waals surface area contributed by atoms with E-state index in [-0.39, 0.29) is 36.2 Å². The molecule has 0 radical (unpaired) electrons. The van der Waals surface area contributed by atoms with Gasteiger partial charge in [-0.3, -0.25) is 0 Å². The van der Waals surface area contributed by atoms with Crippen LogP contribution in [0.1, 0.15) is 27.7 Å². The molecule has 0 unspecified atom stereocenters. The molecule has 0 aliphatic carbocycles. The molecule has 0 aromatic rings. The van der Waals surface area contributed by atoms with Crippen LogP contribution in [-0.2, 0) is 19.1 Å². The molecule has 0 bridgehead atoms. The standard InChI is InChI=1S/C14H18N2O4/c1-13(2)7-19-11(17)9-6-16-10(5-15(9)13)12(18)20-8-14(16,3)4/h5-6H,7-8H2,1-4H3. The zero-order valence-electron chi connectivity index (χ0n) is 12.1. The van der Waals surface area contributed by atoms with E-state index in [1.54, 1.807) is 22.2 Å². The third-order valence-electron chi connectivity index (χ3n) is 3.86. The van der Waals surface area contributed by atoms with E-state index in [2.05, 4.69) is 0 Å². The molecule has 2 saturated heterocycles. The molecular formula is C14H18N2O4. The van der Waals surface area contributed by atoms with Crippen molar-refractivity contribution in [2.24, 2.45) is 0 Å². The van der Waals surface area contributed by atoms with Gasteiger partial charge >= 0.3 is 11.9 Å². The first-order chi connectivity index (χ1) is 9.22. The van der Waals surface area contributed by atoms with E-state index in [4.69, 9.17) is 9.47 Å². The minimum absolute atomic E-state index is 0.283. The number of cyclic esters (lactones) is 2. The Morgan fingerprint density at radius 1 is 0.850 bits per heavy atom. The normalized spacial score (nSPS) is 26.8. The first-order valence-corrected chi connectivity index (χ1v) is 6.59. The van der Waals surface area contributed by atoms with Crippen molar-refractivity contribution >= 4 is 11.9 Å². The van der Waals surface area contributed by atoms with Crippen LogP contribution >= 0.6 is 0 Å². The molecule has 0 atom stereocenters. The maximum atomic E-state index is 12.0. The Morgan fingerprint density at radius 3 is 1.55 bits per heavy atom. The third-order valence-corrected chi connectivity index (χ3v) is 3.86. The summed E-state index contributed by atoms with van der Waals surface area (Å²) in [6.45, 7) is 8.40. The van der Waals surface area contributed by atoms with Gasteiger partial charge in [0.05, 0.1) is 11.1 Å². The molecule has 3 aliphatic rings. The number of hydrogen-bond donors (Lipinski definition) is 0. The van der Waals surface area contributed by atoms with Crippen LogP contribution in [0.3, 0.4) is 0 Å². The Labute approximate surface area is 117 Å². The molecule has 2 fully saturated rings. The van der Waals surface area contributed by atoms with Crippen LogP contribution in [0.25, 0.3) is 0 Å². The van der Waals surface area contributed by atoms with E-state index < -0.39 is 0 Å². The van der Waals surface area contributed by atoms with E-state index in [9.17, 15) is 9.59 Å². The summed E-state index contributed by atoms with van der Waals surface area (Å²) >= 11 is 0. The van der Waals surface area contributed by atoms with Gasteiger partial charge < -0.3 is 19.3 Å². The summed E-state index contributed by atoms with van der Waals surface area (Å²) in [7, 11) is 0. The summed E-state index contributed by atoms with van der Waals surface area (Å²) in [6.07, 6.45) is 3.39. The largest absolute Gasteiger partial charge is 0.458 e. The van der Waals surface area contributed by atoms with Gasteiger partial charge in [0.1, 0.15) is 24.6 Å². The fourth-order valence-electron chi connectivity index (χ4n) is 2.58. The van der Waals surface area contributed by atoms with Gasteiger partial charge in [0.25, 0.3) is 0 Å². The van der Waals surface area contributed by atoms with Gasteiger partial charge in [-0.15, -0.1) is 0 Å². The molecule has 0 N–H and O–H groups in total. The Bertz CT molecular complexity index is 510. The van der Waals surface area contributed by atoms with Crippen LogP contribution in [0, 0.1) is 0 Å². The summed E-state index contributed by atoms with van der Waals surface area (Å²) in [4.78, 5) is 27.6. The van der Waals surface area contributed by atoms with Crippen LogP contribution in [-0.4, -0.2) is 46.0 Å². The van der Waals surface area contributed by atoms with Crippen LogP contribution in [0.15, 0.2) is 23.8 Å². The Morgan fingerprint density at radius 2 is 1.20 bits per heavy atom. The molecule has 3 rings (SSSR count). The highest BCUT2D eigenvalue weighted by atomic mass is 16.5. The highest BCUT2D eigenvalue weighted by molar-refractivity contribution is 5.93. The summed E-state index contributed by atoms with van der Waals surface area (Å²) < 4.78 is 10.4. The Hall–Kier alpha value is -1.98. The molecule has 108 valence electrons. The number of ether oxygens (including phenoxy) is 2. The average Bonchev–Trinajstić information content (AvgIpc) is 2.38. The zero-order valence-corrected chi connectivity index (χ0v) is 12.1. The summed E-state index contributed by atoms with van der Waals surface area (Å²) in [5, 5.41) is 0. The van der Waals surface area contributed by atoms with Crippen molar-refractivity contribution in [2.45, 2.75) is 38.8 Å². The van der Waals surface area contributed by atoms with Gasteiger partial charge in [-0.1, -0.05) is 0 Å². The molecule has 3 heterocycles. The minimum Gasteiger partial charge on any atom is -0.458 e. The van der Waals surface area contributed by atoms with E-state index >= 15 is 0 Å². The average molecular weight is 278 g/mol. The van der Waals surface area contributed by atoms with E-state index in [0.717, 1.165) is 0 Å². The Kier molecular flexibility index (Phi) is 2.46. The number of morpholine rings is 2. The lowest BCUT2D eigenvalue weighted by atomic mass is 9.97. The van der Waals surface area contributed by atoms with Crippen LogP contribution in [0.5, 0.6) is 0 Å². The molecular weight excluding hydrogens is 260 g/mol. The van der Waals surface area contributed by atoms with Crippen molar-refractivity contribution in [1.29, 1.82) is 0 Å². The van der Waals surface area contributed by atoms with E-state index in [0.29, 0.717) is 11.4 Å². The summed E-state index contributed by atoms with van der Waals surface area (Å²) in [5.74, 6) is -0.733. The number of rotatable bonds is 0. The molecule has 6 nitrogen and oxygen atoms in total. The van der Waals surface area contributed by atoms with Gasteiger partial charge in [0.15, 0.2) is 0 Å². The second-order valence-electron chi connectivity index (χ2n) is 6.55. The highest BCUT2D eigenvalue weighted by Crippen LogP contribution is 2.37. The fraction of sp³-hybridized carbons (Fsp3) is 0.571. The van der Waals surface area contributed by atoms with Crippen molar-refractivity contribution in [2.75, 3.05) is 13.2 Å². The number of fused-ring (bicyclic) bond motifs is 2. The molecule has 20 heavy (non-hydrogen) atoms. The van der Waals surface area contributed by atoms with E-state index in [1.807, 2.05) is 27.7 Å². The second-order valence-corrected chi connectivity index (χ2v) is 6.55. The Balaban J connectivity index is 2.10. The number of carbonyl (C=O) groups is 2. The third kappa shape index (κ3) is 1.71. The molecule has 0 aromatic heterocycles. The van der Waals surface area contributed by atoms with Gasteiger partial charge in [0, 0.05) is 12.4 Å². The quantitative estimate of drug-likeness (QED) is 0.615. The highest BCUT2D eigenvalue weighted by Gasteiger charge is 2.46. The van der Waals surface area contributed by atoms with Crippen molar-refractivity contribution < 1.29 is 19.1 Å². The first-order valence-electron chi connectivity index (χ1n) is 6.59. The van der Waals surface area contributed by atoms with Gasteiger partial charge in [-0.25, -0.2) is 9.59 Å². The second kappa shape index (κ2) is 3.77. The minimum atomic E-state index is -0.388. The summed E-state index contributed by atoms with van der Waals surface area (Å²) in [6, 6.07) is 0. The maximum absolute atomic E-state index is 12.0. The lowest BCUT2D eigenvalue weighted by molar-refractivity contribution is -0.155. The lowest BCUT2D eigenvalue weighted by Gasteiger charge is -2.49. The van der Waals surface area contributed by atoms with Crippen molar-refractivity contribution in [3.05, 3.63) is 23.8 Å². The van der Waals surface area contributed by atoms with Crippen molar-refractivity contribution in [3.8, 4) is 0 Å². The van der Waals surface area contributed by atoms with E-state index in [1.165, 1.54) is 0 Å². The topological polar surface area (TPSA) is 59.1 Å². The van der Waals surface area contributed by atoms with Crippen LogP contribution in [0.4, 0.5) is 0 Å². The first kappa shape index (κ1) is 13.0. The smallest absolute Gasteiger partial charge is 0.356 e. The van der Waals surface area contributed by atoms with Gasteiger partial charge in [-0.05, 0) is 27.7 Å². The van der Waals surface area contributed by atoms with Crippen LogP contribution in [0.2, 0.25) is 0 Å². The van der Waals surface area contributed by atoms with Crippen LogP contribution < -0.4 is 0 Å². The maximum Gasteiger partial charge on any atom is 0.356 e. The number of esters is 2. The number of hydrogen-bond acceptors (Lipinski definition) is 6. The molecule has 0 saturated carbocycles. The fourth-order valence-corrected chi connectivity index (χ4v) is 2.58. The van der Waals surface area contributed by atoms with Gasteiger partial charge in [-0.2, -0.15) is 0 Å². The molecule has 0 aromatic carbocycles. The molecule has 0 amide bonds. The lowest BCUT2D eigenvalue weighted by Crippen LogP contribution is -2.57. The monoisotopic (exact) mass is 278 g/mol. The number of nitrogens with zero attached hydrogens (tertiary/aromatic N) is 2. The molecule has 3 aliphatic heterocycles. The van der Waals surface area contributed by atoms with Crippen molar-refractivity contribution in [1.82, 2.24) is 9.80 Å². The van der Waals surface area contributed by atoms with Gasteiger partial charge in [0.2, 0.25) is 0 Å². The predicted octanol–water partition coefficient (Wildman–Crippen LogP) is 0.958. The summed E-state index contributed by atoms with van der Waals surface area (Å²) in [5.41, 5.74) is 0.127. The predicted molar refractivity (Wildman–Crippen MR) is 69.9 cm³/mol. The molecule has 0 spiro atoms. The SMILES string of the molecule is CC1(C)COC(=O)C2=CN3C(=CN21)C(=O)OCC3(C)C. The van der Waals surface area contributed by atoms with Crippen molar-refractivity contribution in [3.63, 3.8) is 0 Å². The number of carbonyl (C=O) groups excluding carboxylic acids is 2.